The maximum absolute atomic E-state index is 10.9. The summed E-state index contributed by atoms with van der Waals surface area (Å²) in [5.41, 5.74) is 3.06. The summed E-state index contributed by atoms with van der Waals surface area (Å²) in [5, 5.41) is 10.9. The minimum absolute atomic E-state index is 0.0153. The highest BCUT2D eigenvalue weighted by atomic mass is 16.3. The highest BCUT2D eigenvalue weighted by Gasteiger charge is 2.23. The van der Waals surface area contributed by atoms with E-state index in [0.717, 1.165) is 16.8 Å². The van der Waals surface area contributed by atoms with Crippen LogP contribution < -0.4 is 0 Å². The molecule has 3 rings (SSSR count). The molecular formula is C20H19NO. The van der Waals surface area contributed by atoms with Gasteiger partial charge in [-0.05, 0) is 29.7 Å². The smallest absolute Gasteiger partial charge is 0.0862 e. The van der Waals surface area contributed by atoms with E-state index >= 15 is 0 Å². The Morgan fingerprint density at radius 3 is 1.91 bits per heavy atom. The first-order valence-electron chi connectivity index (χ1n) is 7.52. The van der Waals surface area contributed by atoms with Crippen LogP contribution in [0.4, 0.5) is 0 Å². The largest absolute Gasteiger partial charge is 0.388 e. The van der Waals surface area contributed by atoms with Crippen molar-refractivity contribution in [1.29, 1.82) is 0 Å². The van der Waals surface area contributed by atoms with E-state index in [1.54, 1.807) is 6.20 Å². The zero-order valence-electron chi connectivity index (χ0n) is 12.3. The number of pyridine rings is 1. The summed E-state index contributed by atoms with van der Waals surface area (Å²) in [6.45, 7) is 0. The SMILES string of the molecule is OC(c1ccccc1)C(Cc1ccccn1)c1ccccc1. The number of aliphatic hydroxyl groups excluding tert-OH is 1. The number of rotatable bonds is 5. The molecule has 2 atom stereocenters. The van der Waals surface area contributed by atoms with Crippen LogP contribution in [0.25, 0.3) is 0 Å². The molecule has 3 aromatic rings. The summed E-state index contributed by atoms with van der Waals surface area (Å²) in [6, 6.07) is 25.9. The molecule has 2 nitrogen and oxygen atoms in total. The average molecular weight is 289 g/mol. The van der Waals surface area contributed by atoms with Crippen molar-refractivity contribution in [3.63, 3.8) is 0 Å². The van der Waals surface area contributed by atoms with Gasteiger partial charge in [0.25, 0.3) is 0 Å². The number of nitrogens with zero attached hydrogens (tertiary/aromatic N) is 1. The lowest BCUT2D eigenvalue weighted by atomic mass is 9.85. The van der Waals surface area contributed by atoms with Crippen LogP contribution in [0.2, 0.25) is 0 Å². The second-order valence-corrected chi connectivity index (χ2v) is 5.40. The molecule has 0 spiro atoms. The lowest BCUT2D eigenvalue weighted by Crippen LogP contribution is -2.14. The third kappa shape index (κ3) is 3.41. The monoisotopic (exact) mass is 289 g/mol. The predicted molar refractivity (Wildman–Crippen MR) is 88.5 cm³/mol. The lowest BCUT2D eigenvalue weighted by Gasteiger charge is -2.23. The van der Waals surface area contributed by atoms with Gasteiger partial charge in [0.1, 0.15) is 0 Å². The standard InChI is InChI=1S/C20H19NO/c22-20(17-11-5-2-6-12-17)19(16-9-3-1-4-10-16)15-18-13-7-8-14-21-18/h1-14,19-20,22H,15H2. The fourth-order valence-corrected chi connectivity index (χ4v) is 2.74. The van der Waals surface area contributed by atoms with Gasteiger partial charge in [0.05, 0.1) is 6.10 Å². The van der Waals surface area contributed by atoms with Gasteiger partial charge >= 0.3 is 0 Å². The summed E-state index contributed by atoms with van der Waals surface area (Å²) < 4.78 is 0. The van der Waals surface area contributed by atoms with Gasteiger partial charge < -0.3 is 5.11 Å². The van der Waals surface area contributed by atoms with Crippen LogP contribution in [-0.4, -0.2) is 10.1 Å². The Morgan fingerprint density at radius 2 is 1.32 bits per heavy atom. The maximum atomic E-state index is 10.9. The summed E-state index contributed by atoms with van der Waals surface area (Å²) in [5.74, 6) is -0.0153. The van der Waals surface area contributed by atoms with Crippen molar-refractivity contribution < 1.29 is 5.11 Å². The third-order valence-corrected chi connectivity index (χ3v) is 3.91. The van der Waals surface area contributed by atoms with Gasteiger partial charge in [-0.25, -0.2) is 0 Å². The summed E-state index contributed by atoms with van der Waals surface area (Å²) in [7, 11) is 0. The van der Waals surface area contributed by atoms with Gasteiger partial charge in [0, 0.05) is 17.8 Å². The number of hydrogen-bond donors (Lipinski definition) is 1. The minimum atomic E-state index is -0.550. The number of benzene rings is 2. The van der Waals surface area contributed by atoms with E-state index in [4.69, 9.17) is 0 Å². The first kappa shape index (κ1) is 14.5. The molecule has 1 heterocycles. The van der Waals surface area contributed by atoms with Crippen molar-refractivity contribution in [2.45, 2.75) is 18.4 Å². The zero-order chi connectivity index (χ0) is 15.2. The first-order valence-corrected chi connectivity index (χ1v) is 7.52. The molecular weight excluding hydrogens is 270 g/mol. The zero-order valence-corrected chi connectivity index (χ0v) is 12.3. The second-order valence-electron chi connectivity index (χ2n) is 5.40. The number of hydrogen-bond acceptors (Lipinski definition) is 2. The number of aliphatic hydroxyl groups is 1. The van der Waals surface area contributed by atoms with E-state index in [0.29, 0.717) is 6.42 Å². The van der Waals surface area contributed by atoms with Crippen LogP contribution >= 0.6 is 0 Å². The minimum Gasteiger partial charge on any atom is -0.388 e. The van der Waals surface area contributed by atoms with Gasteiger partial charge in [-0.2, -0.15) is 0 Å². The molecule has 0 bridgehead atoms. The van der Waals surface area contributed by atoms with Crippen LogP contribution in [0.3, 0.4) is 0 Å². The molecule has 22 heavy (non-hydrogen) atoms. The molecule has 0 amide bonds. The van der Waals surface area contributed by atoms with Gasteiger partial charge in [-0.1, -0.05) is 66.7 Å². The molecule has 0 aliphatic heterocycles. The Labute approximate surface area is 131 Å². The molecule has 110 valence electrons. The van der Waals surface area contributed by atoms with Gasteiger partial charge in [-0.3, -0.25) is 4.98 Å². The van der Waals surface area contributed by atoms with Crippen LogP contribution in [-0.2, 0) is 6.42 Å². The molecule has 0 aliphatic rings. The quantitative estimate of drug-likeness (QED) is 0.765. The van der Waals surface area contributed by atoms with Crippen molar-refractivity contribution in [2.75, 3.05) is 0 Å². The fraction of sp³-hybridized carbons (Fsp3) is 0.150. The van der Waals surface area contributed by atoms with Gasteiger partial charge in [0.15, 0.2) is 0 Å². The van der Waals surface area contributed by atoms with Crippen molar-refractivity contribution in [3.05, 3.63) is 102 Å². The fourth-order valence-electron chi connectivity index (χ4n) is 2.74. The van der Waals surface area contributed by atoms with E-state index < -0.39 is 6.10 Å². The van der Waals surface area contributed by atoms with Gasteiger partial charge in [0.2, 0.25) is 0 Å². The maximum Gasteiger partial charge on any atom is 0.0862 e. The third-order valence-electron chi connectivity index (χ3n) is 3.91. The molecule has 0 saturated carbocycles. The summed E-state index contributed by atoms with van der Waals surface area (Å²) in [6.07, 6.45) is 1.96. The van der Waals surface area contributed by atoms with Crippen LogP contribution in [0.15, 0.2) is 85.1 Å². The Hall–Kier alpha value is -2.45. The molecule has 0 fully saturated rings. The molecule has 2 unspecified atom stereocenters. The predicted octanol–water partition coefficient (Wildman–Crippen LogP) is 4.14. The van der Waals surface area contributed by atoms with Crippen LogP contribution in [0, 0.1) is 0 Å². The normalized spacial score (nSPS) is 13.5. The molecule has 2 heteroatoms. The molecule has 0 saturated heterocycles. The Bertz CT molecular complexity index is 683. The molecule has 0 aliphatic carbocycles. The average Bonchev–Trinajstić information content (AvgIpc) is 2.61. The highest BCUT2D eigenvalue weighted by Crippen LogP contribution is 2.33. The Morgan fingerprint density at radius 1 is 0.727 bits per heavy atom. The van der Waals surface area contributed by atoms with Crippen molar-refractivity contribution in [2.24, 2.45) is 0 Å². The lowest BCUT2D eigenvalue weighted by molar-refractivity contribution is 0.144. The van der Waals surface area contributed by atoms with E-state index in [1.165, 1.54) is 0 Å². The van der Waals surface area contributed by atoms with E-state index in [1.807, 2.05) is 66.7 Å². The van der Waals surface area contributed by atoms with E-state index in [9.17, 15) is 5.11 Å². The first-order chi connectivity index (χ1) is 10.8. The topological polar surface area (TPSA) is 33.1 Å². The second kappa shape index (κ2) is 7.01. The number of aromatic nitrogens is 1. The molecule has 1 N–H and O–H groups in total. The van der Waals surface area contributed by atoms with Crippen LogP contribution in [0.5, 0.6) is 0 Å². The van der Waals surface area contributed by atoms with Gasteiger partial charge in [-0.15, -0.1) is 0 Å². The summed E-state index contributed by atoms with van der Waals surface area (Å²) >= 11 is 0. The van der Waals surface area contributed by atoms with Crippen molar-refractivity contribution in [1.82, 2.24) is 4.98 Å². The van der Waals surface area contributed by atoms with E-state index in [-0.39, 0.29) is 5.92 Å². The highest BCUT2D eigenvalue weighted by molar-refractivity contribution is 5.28. The Balaban J connectivity index is 1.93. The molecule has 2 aromatic carbocycles. The van der Waals surface area contributed by atoms with Crippen molar-refractivity contribution >= 4 is 0 Å². The molecule has 0 radical (unpaired) electrons. The summed E-state index contributed by atoms with van der Waals surface area (Å²) in [4.78, 5) is 4.41. The van der Waals surface area contributed by atoms with Crippen molar-refractivity contribution in [3.8, 4) is 0 Å². The van der Waals surface area contributed by atoms with Crippen LogP contribution in [0.1, 0.15) is 28.8 Å². The molecule has 1 aromatic heterocycles. The van der Waals surface area contributed by atoms with E-state index in [2.05, 4.69) is 17.1 Å². The Kier molecular flexibility index (Phi) is 4.62.